The van der Waals surface area contributed by atoms with Gasteiger partial charge in [-0.3, -0.25) is 14.5 Å². The molecule has 1 atom stereocenters. The quantitative estimate of drug-likeness (QED) is 0.808. The van der Waals surface area contributed by atoms with E-state index in [9.17, 15) is 19.8 Å². The number of thioether (sulfide) groups is 1. The molecule has 1 heterocycles. The van der Waals surface area contributed by atoms with Crippen LogP contribution in [0.1, 0.15) is 12.5 Å². The number of phenols is 1. The van der Waals surface area contributed by atoms with E-state index in [4.69, 9.17) is 0 Å². The van der Waals surface area contributed by atoms with Crippen molar-refractivity contribution in [2.45, 2.75) is 12.2 Å². The molecule has 1 amide bonds. The first-order valence-electron chi connectivity index (χ1n) is 7.84. The van der Waals surface area contributed by atoms with Gasteiger partial charge in [0.15, 0.2) is 5.17 Å². The highest BCUT2D eigenvalue weighted by atomic mass is 32.2. The first-order valence-corrected chi connectivity index (χ1v) is 8.72. The Morgan fingerprint density at radius 3 is 2.46 bits per heavy atom. The highest BCUT2D eigenvalue weighted by Crippen LogP contribution is 2.31. The van der Waals surface area contributed by atoms with Gasteiger partial charge in [0.05, 0.1) is 5.69 Å². The maximum Gasteiger partial charge on any atom is 0.316 e. The largest absolute Gasteiger partial charge is 0.507 e. The van der Waals surface area contributed by atoms with Gasteiger partial charge >= 0.3 is 5.97 Å². The Morgan fingerprint density at radius 1 is 1.15 bits per heavy atom. The van der Waals surface area contributed by atoms with Crippen LogP contribution in [0.4, 0.5) is 5.69 Å². The van der Waals surface area contributed by atoms with Crippen molar-refractivity contribution < 1.29 is 19.8 Å². The molecule has 2 aromatic carbocycles. The fourth-order valence-corrected chi connectivity index (χ4v) is 3.21. The van der Waals surface area contributed by atoms with E-state index < -0.39 is 11.2 Å². The average molecular weight is 368 g/mol. The maximum absolute atomic E-state index is 12.9. The van der Waals surface area contributed by atoms with Crippen molar-refractivity contribution in [3.63, 3.8) is 0 Å². The first kappa shape index (κ1) is 17.8. The number of rotatable bonds is 4. The zero-order valence-electron chi connectivity index (χ0n) is 13.9. The molecule has 3 rings (SSSR count). The Morgan fingerprint density at radius 2 is 1.81 bits per heavy atom. The van der Waals surface area contributed by atoms with Crippen LogP contribution >= 0.6 is 11.8 Å². The van der Waals surface area contributed by atoms with Crippen LogP contribution < -0.4 is 4.90 Å². The molecule has 0 radical (unpaired) electrons. The zero-order chi connectivity index (χ0) is 18.7. The first-order chi connectivity index (χ1) is 12.5. The Labute approximate surface area is 154 Å². The van der Waals surface area contributed by atoms with Crippen LogP contribution in [0.3, 0.4) is 0 Å². The van der Waals surface area contributed by atoms with Gasteiger partial charge in [-0.15, -0.1) is 0 Å². The number of para-hydroxylation sites is 2. The average Bonchev–Trinajstić information content (AvgIpc) is 2.93. The number of aliphatic imine (C=N–C) groups is 1. The van der Waals surface area contributed by atoms with E-state index in [1.807, 2.05) is 6.07 Å². The number of hydrogen-bond donors (Lipinski definition) is 2. The number of carbonyl (C=O) groups excluding carboxylic acids is 1. The summed E-state index contributed by atoms with van der Waals surface area (Å²) >= 11 is 0.993. The maximum atomic E-state index is 12.9. The SMILES string of the molecule is CC(SC1=N/C(=C\c2ccccc2O)C(=O)N1c1ccccc1)C(=O)O. The number of carboxylic acid groups (broad SMARTS) is 1. The van der Waals surface area contributed by atoms with Gasteiger partial charge < -0.3 is 10.2 Å². The standard InChI is InChI=1S/C19H16N2O4S/c1-12(18(24)25)26-19-20-15(11-13-7-5-6-10-16(13)22)17(23)21(19)14-8-3-2-4-9-14/h2-12,22H,1H3,(H,24,25)/b15-11-. The van der Waals surface area contributed by atoms with Gasteiger partial charge in [0.1, 0.15) is 16.7 Å². The van der Waals surface area contributed by atoms with E-state index in [1.54, 1.807) is 42.5 Å². The predicted octanol–water partition coefficient (Wildman–Crippen LogP) is 3.34. The molecular weight excluding hydrogens is 352 g/mol. The Bertz CT molecular complexity index is 909. The number of aliphatic carboxylic acids is 1. The number of nitrogens with zero attached hydrogens (tertiary/aromatic N) is 2. The number of amidine groups is 1. The molecule has 0 fully saturated rings. The minimum Gasteiger partial charge on any atom is -0.507 e. The van der Waals surface area contributed by atoms with Crippen LogP contribution in [0.15, 0.2) is 65.3 Å². The number of benzene rings is 2. The van der Waals surface area contributed by atoms with E-state index in [1.165, 1.54) is 24.0 Å². The summed E-state index contributed by atoms with van der Waals surface area (Å²) in [7, 11) is 0. The molecule has 2 N–H and O–H groups in total. The predicted molar refractivity (Wildman–Crippen MR) is 102 cm³/mol. The lowest BCUT2D eigenvalue weighted by molar-refractivity contribution is -0.136. The second kappa shape index (κ2) is 7.45. The second-order valence-electron chi connectivity index (χ2n) is 5.56. The van der Waals surface area contributed by atoms with Gasteiger partial charge in [-0.2, -0.15) is 0 Å². The molecule has 0 spiro atoms. The van der Waals surface area contributed by atoms with Crippen LogP contribution in [0.5, 0.6) is 5.75 Å². The molecule has 1 aliphatic rings. The summed E-state index contributed by atoms with van der Waals surface area (Å²) in [5.41, 5.74) is 1.20. The number of anilines is 1. The molecule has 1 unspecified atom stereocenters. The van der Waals surface area contributed by atoms with Gasteiger partial charge in [0.25, 0.3) is 5.91 Å². The summed E-state index contributed by atoms with van der Waals surface area (Å²) in [5.74, 6) is -1.33. The monoisotopic (exact) mass is 368 g/mol. The molecule has 2 aromatic rings. The third-order valence-corrected chi connectivity index (χ3v) is 4.74. The molecule has 6 nitrogen and oxygen atoms in total. The number of amides is 1. The summed E-state index contributed by atoms with van der Waals surface area (Å²) in [6.45, 7) is 1.54. The van der Waals surface area contributed by atoms with Crippen molar-refractivity contribution in [1.82, 2.24) is 0 Å². The van der Waals surface area contributed by atoms with Crippen LogP contribution in [0.25, 0.3) is 6.08 Å². The zero-order valence-corrected chi connectivity index (χ0v) is 14.7. The number of hydrogen-bond acceptors (Lipinski definition) is 5. The summed E-state index contributed by atoms with van der Waals surface area (Å²) in [5, 5.41) is 18.6. The third kappa shape index (κ3) is 3.62. The lowest BCUT2D eigenvalue weighted by Crippen LogP contribution is -2.32. The molecule has 0 aliphatic carbocycles. The van der Waals surface area contributed by atoms with Gasteiger partial charge in [-0.25, -0.2) is 4.99 Å². The summed E-state index contributed by atoms with van der Waals surface area (Å²) in [4.78, 5) is 29.8. The van der Waals surface area contributed by atoms with Crippen LogP contribution in [-0.2, 0) is 9.59 Å². The minimum absolute atomic E-state index is 0.0364. The van der Waals surface area contributed by atoms with E-state index >= 15 is 0 Å². The third-order valence-electron chi connectivity index (χ3n) is 3.70. The molecular formula is C19H16N2O4S. The number of carbonyl (C=O) groups is 2. The highest BCUT2D eigenvalue weighted by Gasteiger charge is 2.34. The van der Waals surface area contributed by atoms with Crippen molar-refractivity contribution in [3.05, 3.63) is 65.9 Å². The highest BCUT2D eigenvalue weighted by molar-refractivity contribution is 8.15. The number of aromatic hydroxyl groups is 1. The van der Waals surface area contributed by atoms with Gasteiger partial charge in [-0.05, 0) is 31.2 Å². The van der Waals surface area contributed by atoms with Gasteiger partial charge in [-0.1, -0.05) is 48.2 Å². The summed E-state index contributed by atoms with van der Waals surface area (Å²) < 4.78 is 0. The molecule has 132 valence electrons. The summed E-state index contributed by atoms with van der Waals surface area (Å²) in [6.07, 6.45) is 1.49. The molecule has 0 bridgehead atoms. The van der Waals surface area contributed by atoms with E-state index in [2.05, 4.69) is 4.99 Å². The number of carboxylic acids is 1. The molecule has 0 saturated heterocycles. The Balaban J connectivity index is 2.02. The molecule has 0 saturated carbocycles. The van der Waals surface area contributed by atoms with Gasteiger partial charge in [0.2, 0.25) is 0 Å². The van der Waals surface area contributed by atoms with Crippen LogP contribution in [0, 0.1) is 0 Å². The fraction of sp³-hybridized carbons (Fsp3) is 0.105. The van der Waals surface area contributed by atoms with E-state index in [0.717, 1.165) is 11.8 Å². The molecule has 0 aromatic heterocycles. The lowest BCUT2D eigenvalue weighted by atomic mass is 10.1. The smallest absolute Gasteiger partial charge is 0.316 e. The van der Waals surface area contributed by atoms with Crippen LogP contribution in [0.2, 0.25) is 0 Å². The Kier molecular flexibility index (Phi) is 5.09. The minimum atomic E-state index is -0.990. The lowest BCUT2D eigenvalue weighted by Gasteiger charge is -2.18. The molecule has 26 heavy (non-hydrogen) atoms. The van der Waals surface area contributed by atoms with Gasteiger partial charge in [0, 0.05) is 5.56 Å². The fourth-order valence-electron chi connectivity index (χ4n) is 2.35. The van der Waals surface area contributed by atoms with Crippen molar-refractivity contribution >= 4 is 40.6 Å². The molecule has 1 aliphatic heterocycles. The topological polar surface area (TPSA) is 90.2 Å². The van der Waals surface area contributed by atoms with Crippen molar-refractivity contribution in [2.24, 2.45) is 4.99 Å². The normalized spacial score (nSPS) is 16.7. The second-order valence-corrected chi connectivity index (χ2v) is 6.87. The Hall–Kier alpha value is -3.06. The van der Waals surface area contributed by atoms with E-state index in [0.29, 0.717) is 11.3 Å². The van der Waals surface area contributed by atoms with Crippen LogP contribution in [-0.4, -0.2) is 32.5 Å². The van der Waals surface area contributed by atoms with Crippen molar-refractivity contribution in [1.29, 1.82) is 0 Å². The van der Waals surface area contributed by atoms with Crippen molar-refractivity contribution in [3.8, 4) is 5.75 Å². The van der Waals surface area contributed by atoms with E-state index in [-0.39, 0.29) is 22.5 Å². The number of phenolic OH excluding ortho intramolecular Hbond substituents is 1. The molecule has 7 heteroatoms. The van der Waals surface area contributed by atoms with Crippen molar-refractivity contribution in [2.75, 3.05) is 4.90 Å². The summed E-state index contributed by atoms with van der Waals surface area (Å²) in [6, 6.07) is 15.5.